The van der Waals surface area contributed by atoms with Crippen LogP contribution < -0.4 is 9.47 Å². The van der Waals surface area contributed by atoms with Crippen molar-refractivity contribution in [1.29, 1.82) is 0 Å². The lowest BCUT2D eigenvalue weighted by atomic mass is 9.86. The van der Waals surface area contributed by atoms with Crippen LogP contribution in [-0.4, -0.2) is 15.7 Å². The predicted octanol–water partition coefficient (Wildman–Crippen LogP) is 6.49. The lowest BCUT2D eigenvalue weighted by molar-refractivity contribution is 0.278. The summed E-state index contributed by atoms with van der Waals surface area (Å²) in [7, 11) is 0. The van der Waals surface area contributed by atoms with Crippen molar-refractivity contribution in [3.05, 3.63) is 59.2 Å². The summed E-state index contributed by atoms with van der Waals surface area (Å²) in [6.07, 6.45) is 4.83. The molecule has 1 N–H and O–H groups in total. The van der Waals surface area contributed by atoms with Crippen molar-refractivity contribution in [3.63, 3.8) is 0 Å². The number of aliphatic imine (C=N–C) groups is 1. The fourth-order valence-electron chi connectivity index (χ4n) is 4.77. The Hall–Kier alpha value is -3.34. The topological polar surface area (TPSA) is 59.5 Å². The summed E-state index contributed by atoms with van der Waals surface area (Å²) < 4.78 is 12.6. The Labute approximate surface area is 188 Å². The molecule has 0 unspecified atom stereocenters. The fourth-order valence-corrected chi connectivity index (χ4v) is 4.77. The van der Waals surface area contributed by atoms with Gasteiger partial charge in [0.2, 0.25) is 0 Å². The molecule has 3 aliphatic rings. The number of hydrogen-bond acceptors (Lipinski definition) is 4. The van der Waals surface area contributed by atoms with E-state index in [1.54, 1.807) is 0 Å². The van der Waals surface area contributed by atoms with Crippen molar-refractivity contribution in [2.45, 2.75) is 53.2 Å². The molecule has 6 rings (SSSR count). The minimum Gasteiger partial charge on any atom is -0.488 e. The predicted molar refractivity (Wildman–Crippen MR) is 127 cm³/mol. The number of aromatic nitrogens is 2. The third-order valence-corrected chi connectivity index (χ3v) is 6.63. The Morgan fingerprint density at radius 2 is 1.50 bits per heavy atom. The van der Waals surface area contributed by atoms with E-state index in [2.05, 4.69) is 66.9 Å². The molecule has 0 atom stereocenters. The van der Waals surface area contributed by atoms with Crippen LogP contribution in [0.1, 0.15) is 62.5 Å². The quantitative estimate of drug-likeness (QED) is 0.519. The smallest absolute Gasteiger partial charge is 0.128 e. The first-order valence-corrected chi connectivity index (χ1v) is 11.4. The minimum atomic E-state index is 0.361. The van der Waals surface area contributed by atoms with Gasteiger partial charge in [-0.15, -0.1) is 0 Å². The summed E-state index contributed by atoms with van der Waals surface area (Å²) in [6.45, 7) is 9.75. The summed E-state index contributed by atoms with van der Waals surface area (Å²) in [6, 6.07) is 8.76. The number of rotatable bonds is 4. The largest absolute Gasteiger partial charge is 0.488 e. The summed E-state index contributed by atoms with van der Waals surface area (Å²) in [5.74, 6) is 3.70. The van der Waals surface area contributed by atoms with Crippen LogP contribution in [0.2, 0.25) is 0 Å². The number of H-pyrrole nitrogens is 1. The lowest BCUT2D eigenvalue weighted by Crippen LogP contribution is -2.15. The van der Waals surface area contributed by atoms with Crippen LogP contribution >= 0.6 is 0 Å². The van der Waals surface area contributed by atoms with Gasteiger partial charge in [-0.3, -0.25) is 4.99 Å². The molecular weight excluding hydrogens is 398 g/mol. The molecule has 0 radical (unpaired) electrons. The second-order valence-electron chi connectivity index (χ2n) is 9.54. The molecular formula is C27H27N3O2. The molecule has 2 aromatic carbocycles. The second-order valence-corrected chi connectivity index (χ2v) is 9.54. The van der Waals surface area contributed by atoms with E-state index in [-0.39, 0.29) is 0 Å². The highest BCUT2D eigenvalue weighted by Gasteiger charge is 2.30. The Morgan fingerprint density at radius 1 is 0.844 bits per heavy atom. The standard InChI is InChI=1S/C27H27N3O2/c1-14(2)21-7-18(10-28-21)16-5-19-12-32-24-9-17(22-11-29-27(30-22)15(3)4)6-20-13-31-23(8-16)25(19)26(20)24/h5-6,8-11,14-15H,7,12-13H2,1-4H3,(H,29,30). The maximum absolute atomic E-state index is 6.28. The zero-order valence-electron chi connectivity index (χ0n) is 19.0. The first-order chi connectivity index (χ1) is 15.5. The highest BCUT2D eigenvalue weighted by atomic mass is 16.5. The third kappa shape index (κ3) is 2.99. The van der Waals surface area contributed by atoms with Crippen LogP contribution in [0.15, 0.2) is 41.7 Å². The molecule has 0 saturated carbocycles. The van der Waals surface area contributed by atoms with Crippen LogP contribution in [0.5, 0.6) is 11.5 Å². The molecule has 32 heavy (non-hydrogen) atoms. The maximum atomic E-state index is 6.28. The molecule has 162 valence electrons. The summed E-state index contributed by atoms with van der Waals surface area (Å²) in [5.41, 5.74) is 10.5. The van der Waals surface area contributed by atoms with Crippen molar-refractivity contribution in [3.8, 4) is 33.9 Å². The van der Waals surface area contributed by atoms with Gasteiger partial charge in [0, 0.05) is 52.1 Å². The van der Waals surface area contributed by atoms with Crippen LogP contribution in [0.4, 0.5) is 0 Å². The van der Waals surface area contributed by atoms with Crippen LogP contribution in [0, 0.1) is 5.92 Å². The molecule has 0 fully saturated rings. The van der Waals surface area contributed by atoms with E-state index in [0.717, 1.165) is 40.6 Å². The van der Waals surface area contributed by atoms with Crippen LogP contribution in [0.25, 0.3) is 28.0 Å². The van der Waals surface area contributed by atoms with E-state index in [1.807, 2.05) is 12.4 Å². The van der Waals surface area contributed by atoms with Gasteiger partial charge in [-0.2, -0.15) is 0 Å². The number of aromatic amines is 1. The van der Waals surface area contributed by atoms with Crippen molar-refractivity contribution >= 4 is 11.3 Å². The minimum absolute atomic E-state index is 0.361. The van der Waals surface area contributed by atoms with Gasteiger partial charge in [-0.1, -0.05) is 27.7 Å². The molecule has 0 saturated heterocycles. The summed E-state index contributed by atoms with van der Waals surface area (Å²) in [5, 5.41) is 0. The summed E-state index contributed by atoms with van der Waals surface area (Å²) in [4.78, 5) is 12.6. The molecule has 5 nitrogen and oxygen atoms in total. The van der Waals surface area contributed by atoms with Crippen molar-refractivity contribution < 1.29 is 9.47 Å². The first kappa shape index (κ1) is 19.4. The normalized spacial score (nSPS) is 15.9. The van der Waals surface area contributed by atoms with E-state index in [1.165, 1.54) is 33.5 Å². The molecule has 0 spiro atoms. The lowest BCUT2D eigenvalue weighted by Gasteiger charge is -2.30. The van der Waals surface area contributed by atoms with Crippen molar-refractivity contribution in [1.82, 2.24) is 9.97 Å². The van der Waals surface area contributed by atoms with Gasteiger partial charge in [-0.05, 0) is 41.3 Å². The maximum Gasteiger partial charge on any atom is 0.128 e. The number of hydrogen-bond donors (Lipinski definition) is 1. The molecule has 5 heteroatoms. The van der Waals surface area contributed by atoms with Gasteiger partial charge in [-0.25, -0.2) is 4.98 Å². The molecule has 4 heterocycles. The molecule has 1 aromatic heterocycles. The Morgan fingerprint density at radius 3 is 2.09 bits per heavy atom. The third-order valence-electron chi connectivity index (χ3n) is 6.63. The first-order valence-electron chi connectivity index (χ1n) is 11.4. The van der Waals surface area contributed by atoms with E-state index >= 15 is 0 Å². The Kier molecular flexibility index (Phi) is 4.29. The monoisotopic (exact) mass is 425 g/mol. The number of imidazole rings is 1. The number of nitrogens with zero attached hydrogens (tertiary/aromatic N) is 2. The van der Waals surface area contributed by atoms with Gasteiger partial charge in [0.05, 0.1) is 11.9 Å². The van der Waals surface area contributed by atoms with E-state index < -0.39 is 0 Å². The highest BCUT2D eigenvalue weighted by molar-refractivity contribution is 6.00. The molecule has 3 aromatic rings. The molecule has 0 aliphatic carbocycles. The van der Waals surface area contributed by atoms with E-state index in [9.17, 15) is 0 Å². The van der Waals surface area contributed by atoms with Gasteiger partial charge in [0.15, 0.2) is 0 Å². The van der Waals surface area contributed by atoms with E-state index in [0.29, 0.717) is 25.0 Å². The van der Waals surface area contributed by atoms with Gasteiger partial charge >= 0.3 is 0 Å². The Bertz CT molecular complexity index is 1260. The van der Waals surface area contributed by atoms with Gasteiger partial charge < -0.3 is 14.5 Å². The molecule has 3 aliphatic heterocycles. The highest BCUT2D eigenvalue weighted by Crippen LogP contribution is 2.50. The van der Waals surface area contributed by atoms with Crippen LogP contribution in [-0.2, 0) is 13.2 Å². The average molecular weight is 426 g/mol. The summed E-state index contributed by atoms with van der Waals surface area (Å²) >= 11 is 0. The number of ether oxygens (including phenoxy) is 2. The zero-order valence-corrected chi connectivity index (χ0v) is 19.0. The Balaban J connectivity index is 1.40. The van der Waals surface area contributed by atoms with Gasteiger partial charge in [0.25, 0.3) is 0 Å². The van der Waals surface area contributed by atoms with Crippen molar-refractivity contribution in [2.24, 2.45) is 10.9 Å². The van der Waals surface area contributed by atoms with Gasteiger partial charge in [0.1, 0.15) is 30.5 Å². The zero-order chi connectivity index (χ0) is 22.0. The van der Waals surface area contributed by atoms with Crippen LogP contribution in [0.3, 0.4) is 0 Å². The fraction of sp³-hybridized carbons (Fsp3) is 0.333. The van der Waals surface area contributed by atoms with Crippen molar-refractivity contribution in [2.75, 3.05) is 0 Å². The number of allylic oxidation sites excluding steroid dienone is 1. The SMILES string of the molecule is CC(C)C1=NC=C(c2cc3c4c(c2)OCc2cc(-c5cnc(C(C)C)[nH]5)cc(c2-4)OC3)C1. The van der Waals surface area contributed by atoms with E-state index in [4.69, 9.17) is 9.47 Å². The second kappa shape index (κ2) is 7.09. The number of nitrogens with one attached hydrogen (secondary N) is 1. The number of benzene rings is 2. The molecule has 0 amide bonds. The average Bonchev–Trinajstić information content (AvgIpc) is 3.47. The molecule has 0 bridgehead atoms.